The topological polar surface area (TPSA) is 59.8 Å². The lowest BCUT2D eigenvalue weighted by molar-refractivity contribution is 0.101. The van der Waals surface area contributed by atoms with Crippen LogP contribution in [0.15, 0.2) is 84.9 Å². The van der Waals surface area contributed by atoms with Crippen molar-refractivity contribution in [1.29, 1.82) is 0 Å². The summed E-state index contributed by atoms with van der Waals surface area (Å²) in [6.45, 7) is 2.06. The molecule has 0 aliphatic carbocycles. The zero-order chi connectivity index (χ0) is 19.3. The Bertz CT molecular complexity index is 1030. The highest BCUT2D eigenvalue weighted by Crippen LogP contribution is 2.22. The van der Waals surface area contributed by atoms with E-state index in [2.05, 4.69) is 22.3 Å². The van der Waals surface area contributed by atoms with Gasteiger partial charge in [0, 0.05) is 11.3 Å². The van der Waals surface area contributed by atoms with Crippen molar-refractivity contribution in [3.63, 3.8) is 0 Å². The van der Waals surface area contributed by atoms with Crippen molar-refractivity contribution in [2.24, 2.45) is 0 Å². The molecule has 1 heterocycles. The number of benzene rings is 3. The standard InChI is InChI=1S/C23H20N4O/c1-2-17-11-9-10-16-20(17)24-23(28)21-25-22(18-12-5-3-6-13-18)27(26-21)19-14-7-4-8-15-19/h3-16H,2H2,1H3,(H,24,28). The molecule has 4 rings (SSSR count). The van der Waals surface area contributed by atoms with Crippen molar-refractivity contribution >= 4 is 11.6 Å². The van der Waals surface area contributed by atoms with E-state index < -0.39 is 0 Å². The van der Waals surface area contributed by atoms with Gasteiger partial charge in [0.2, 0.25) is 5.82 Å². The van der Waals surface area contributed by atoms with Gasteiger partial charge in [0.05, 0.1) is 5.69 Å². The van der Waals surface area contributed by atoms with Gasteiger partial charge in [0.25, 0.3) is 5.91 Å². The SMILES string of the molecule is CCc1ccccc1NC(=O)c1nc(-c2ccccc2)n(-c2ccccc2)n1. The maximum Gasteiger partial charge on any atom is 0.295 e. The molecule has 0 unspecified atom stereocenters. The van der Waals surface area contributed by atoms with Crippen LogP contribution in [0, 0.1) is 0 Å². The van der Waals surface area contributed by atoms with Crippen LogP contribution >= 0.6 is 0 Å². The zero-order valence-corrected chi connectivity index (χ0v) is 15.5. The molecular formula is C23H20N4O. The van der Waals surface area contributed by atoms with E-state index in [9.17, 15) is 4.79 Å². The lowest BCUT2D eigenvalue weighted by Gasteiger charge is -2.07. The van der Waals surface area contributed by atoms with Crippen LogP contribution in [0.25, 0.3) is 17.1 Å². The van der Waals surface area contributed by atoms with Crippen LogP contribution in [-0.4, -0.2) is 20.7 Å². The van der Waals surface area contributed by atoms with E-state index in [4.69, 9.17) is 0 Å². The highest BCUT2D eigenvalue weighted by molar-refractivity contribution is 6.02. The second-order valence-corrected chi connectivity index (χ2v) is 6.34. The van der Waals surface area contributed by atoms with Crippen molar-refractivity contribution in [1.82, 2.24) is 14.8 Å². The first-order valence-electron chi connectivity index (χ1n) is 9.23. The molecule has 0 aliphatic heterocycles. The van der Waals surface area contributed by atoms with Gasteiger partial charge in [-0.25, -0.2) is 9.67 Å². The molecule has 1 N–H and O–H groups in total. The smallest absolute Gasteiger partial charge is 0.295 e. The molecule has 0 radical (unpaired) electrons. The number of para-hydroxylation sites is 2. The minimum absolute atomic E-state index is 0.133. The number of aryl methyl sites for hydroxylation is 1. The summed E-state index contributed by atoms with van der Waals surface area (Å²) in [5, 5.41) is 7.45. The Kier molecular flexibility index (Phi) is 4.97. The van der Waals surface area contributed by atoms with E-state index in [0.717, 1.165) is 28.9 Å². The number of nitrogens with zero attached hydrogens (tertiary/aromatic N) is 3. The minimum Gasteiger partial charge on any atom is -0.319 e. The molecule has 5 heteroatoms. The monoisotopic (exact) mass is 368 g/mol. The fraction of sp³-hybridized carbons (Fsp3) is 0.0870. The molecule has 28 heavy (non-hydrogen) atoms. The van der Waals surface area contributed by atoms with E-state index in [-0.39, 0.29) is 11.7 Å². The first kappa shape index (κ1) is 17.7. The molecule has 138 valence electrons. The molecule has 0 fully saturated rings. The van der Waals surface area contributed by atoms with Gasteiger partial charge >= 0.3 is 0 Å². The van der Waals surface area contributed by atoms with E-state index in [1.807, 2.05) is 84.9 Å². The highest BCUT2D eigenvalue weighted by atomic mass is 16.2. The van der Waals surface area contributed by atoms with Crippen LogP contribution in [0.4, 0.5) is 5.69 Å². The predicted octanol–water partition coefficient (Wildman–Crippen LogP) is 4.75. The Morgan fingerprint density at radius 1 is 0.893 bits per heavy atom. The van der Waals surface area contributed by atoms with Gasteiger partial charge in [-0.3, -0.25) is 4.79 Å². The molecule has 4 aromatic rings. The number of carbonyl (C=O) groups is 1. The number of anilines is 1. The number of nitrogens with one attached hydrogen (secondary N) is 1. The summed E-state index contributed by atoms with van der Waals surface area (Å²) < 4.78 is 1.70. The molecule has 1 aromatic heterocycles. The molecule has 0 atom stereocenters. The molecule has 5 nitrogen and oxygen atoms in total. The van der Waals surface area contributed by atoms with Gasteiger partial charge in [-0.2, -0.15) is 0 Å². The van der Waals surface area contributed by atoms with Crippen LogP contribution in [-0.2, 0) is 6.42 Å². The van der Waals surface area contributed by atoms with Crippen molar-refractivity contribution in [2.75, 3.05) is 5.32 Å². The van der Waals surface area contributed by atoms with Gasteiger partial charge in [0.1, 0.15) is 0 Å². The Morgan fingerprint density at radius 3 is 2.25 bits per heavy atom. The Labute approximate surface area is 163 Å². The first-order valence-corrected chi connectivity index (χ1v) is 9.23. The fourth-order valence-corrected chi connectivity index (χ4v) is 3.06. The molecular weight excluding hydrogens is 348 g/mol. The van der Waals surface area contributed by atoms with E-state index >= 15 is 0 Å². The Balaban J connectivity index is 1.74. The van der Waals surface area contributed by atoms with Gasteiger partial charge in [-0.05, 0) is 30.2 Å². The van der Waals surface area contributed by atoms with Crippen LogP contribution in [0.2, 0.25) is 0 Å². The van der Waals surface area contributed by atoms with Gasteiger partial charge in [-0.15, -0.1) is 5.10 Å². The second-order valence-electron chi connectivity index (χ2n) is 6.34. The lowest BCUT2D eigenvalue weighted by atomic mass is 10.1. The average Bonchev–Trinajstić information content (AvgIpc) is 3.21. The van der Waals surface area contributed by atoms with Crippen molar-refractivity contribution in [3.05, 3.63) is 96.3 Å². The number of hydrogen-bond acceptors (Lipinski definition) is 3. The molecule has 0 saturated heterocycles. The molecule has 1 amide bonds. The normalized spacial score (nSPS) is 10.6. The number of hydrogen-bond donors (Lipinski definition) is 1. The summed E-state index contributed by atoms with van der Waals surface area (Å²) in [4.78, 5) is 17.4. The third kappa shape index (κ3) is 3.55. The number of amides is 1. The third-order valence-electron chi connectivity index (χ3n) is 4.49. The van der Waals surface area contributed by atoms with Gasteiger partial charge in [0.15, 0.2) is 5.82 Å². The first-order chi connectivity index (χ1) is 13.8. The summed E-state index contributed by atoms with van der Waals surface area (Å²) in [6, 6.07) is 27.2. The Hall–Kier alpha value is -3.73. The van der Waals surface area contributed by atoms with Crippen molar-refractivity contribution in [2.45, 2.75) is 13.3 Å². The molecule has 0 saturated carbocycles. The third-order valence-corrected chi connectivity index (χ3v) is 4.49. The zero-order valence-electron chi connectivity index (χ0n) is 15.5. The van der Waals surface area contributed by atoms with Gasteiger partial charge in [-0.1, -0.05) is 73.7 Å². The molecule has 0 spiro atoms. The summed E-state index contributed by atoms with van der Waals surface area (Å²) >= 11 is 0. The predicted molar refractivity (Wildman–Crippen MR) is 111 cm³/mol. The number of rotatable bonds is 5. The number of carbonyl (C=O) groups excluding carboxylic acids is 1. The lowest BCUT2D eigenvalue weighted by Crippen LogP contribution is -2.15. The average molecular weight is 368 g/mol. The largest absolute Gasteiger partial charge is 0.319 e. The maximum absolute atomic E-state index is 12.9. The molecule has 0 bridgehead atoms. The summed E-state index contributed by atoms with van der Waals surface area (Å²) in [5.41, 5.74) is 3.60. The van der Waals surface area contributed by atoms with Crippen LogP contribution < -0.4 is 5.32 Å². The summed E-state index contributed by atoms with van der Waals surface area (Å²) in [5.74, 6) is 0.433. The van der Waals surface area contributed by atoms with E-state index in [1.165, 1.54) is 0 Å². The minimum atomic E-state index is -0.326. The van der Waals surface area contributed by atoms with Gasteiger partial charge < -0.3 is 5.32 Å². The Morgan fingerprint density at radius 2 is 1.54 bits per heavy atom. The number of aromatic nitrogens is 3. The van der Waals surface area contributed by atoms with Crippen LogP contribution in [0.5, 0.6) is 0 Å². The quantitative estimate of drug-likeness (QED) is 0.553. The van der Waals surface area contributed by atoms with Crippen LogP contribution in [0.3, 0.4) is 0 Å². The summed E-state index contributed by atoms with van der Waals surface area (Å²) in [6.07, 6.45) is 0.831. The highest BCUT2D eigenvalue weighted by Gasteiger charge is 2.19. The van der Waals surface area contributed by atoms with E-state index in [0.29, 0.717) is 5.82 Å². The fourth-order valence-electron chi connectivity index (χ4n) is 3.06. The van der Waals surface area contributed by atoms with Crippen molar-refractivity contribution in [3.8, 4) is 17.1 Å². The molecule has 3 aromatic carbocycles. The van der Waals surface area contributed by atoms with Crippen LogP contribution in [0.1, 0.15) is 23.1 Å². The van der Waals surface area contributed by atoms with Crippen molar-refractivity contribution < 1.29 is 4.79 Å². The second kappa shape index (κ2) is 7.88. The summed E-state index contributed by atoms with van der Waals surface area (Å²) in [7, 11) is 0. The molecule has 0 aliphatic rings. The maximum atomic E-state index is 12.9. The van der Waals surface area contributed by atoms with E-state index in [1.54, 1.807) is 4.68 Å².